The van der Waals surface area contributed by atoms with Gasteiger partial charge >= 0.3 is 17.9 Å². The van der Waals surface area contributed by atoms with Gasteiger partial charge in [-0.3, -0.25) is 14.4 Å². The van der Waals surface area contributed by atoms with Gasteiger partial charge in [0.25, 0.3) is 0 Å². The topological polar surface area (TPSA) is 78.9 Å². The zero-order valence-electron chi connectivity index (χ0n) is 48.1. The van der Waals surface area contributed by atoms with Crippen LogP contribution in [0, 0.1) is 0 Å². The molecule has 0 spiro atoms. The van der Waals surface area contributed by atoms with Crippen LogP contribution in [0.3, 0.4) is 0 Å². The van der Waals surface area contributed by atoms with Gasteiger partial charge in [0, 0.05) is 19.3 Å². The van der Waals surface area contributed by atoms with Crippen molar-refractivity contribution in [3.8, 4) is 0 Å². The lowest BCUT2D eigenvalue weighted by atomic mass is 10.1. The Hall–Kier alpha value is -4.19. The molecule has 6 nitrogen and oxygen atoms in total. The molecule has 0 aliphatic heterocycles. The number of unbranched alkanes of at least 4 members (excludes halogenated alkanes) is 23. The van der Waals surface area contributed by atoms with Crippen molar-refractivity contribution in [2.75, 3.05) is 13.2 Å². The van der Waals surface area contributed by atoms with Gasteiger partial charge in [-0.05, 0) is 109 Å². The second-order valence-electron chi connectivity index (χ2n) is 19.9. The monoisotopic (exact) mass is 1020 g/mol. The van der Waals surface area contributed by atoms with Gasteiger partial charge in [-0.25, -0.2) is 0 Å². The lowest BCUT2D eigenvalue weighted by molar-refractivity contribution is -0.167. The Bertz CT molecular complexity index is 1550. The molecule has 0 fully saturated rings. The number of esters is 3. The first-order valence-corrected chi connectivity index (χ1v) is 30.5. The van der Waals surface area contributed by atoms with E-state index >= 15 is 0 Å². The summed E-state index contributed by atoms with van der Waals surface area (Å²) >= 11 is 0. The molecule has 0 N–H and O–H groups in total. The van der Waals surface area contributed by atoms with E-state index in [0.717, 1.165) is 135 Å². The van der Waals surface area contributed by atoms with Crippen molar-refractivity contribution in [2.45, 2.75) is 277 Å². The van der Waals surface area contributed by atoms with Crippen LogP contribution >= 0.6 is 0 Å². The molecule has 0 radical (unpaired) electrons. The molecule has 420 valence electrons. The Morgan fingerprint density at radius 3 is 0.878 bits per heavy atom. The van der Waals surface area contributed by atoms with Crippen LogP contribution in [0.25, 0.3) is 0 Å². The van der Waals surface area contributed by atoms with E-state index in [9.17, 15) is 14.4 Å². The van der Waals surface area contributed by atoms with Crippen LogP contribution in [0.5, 0.6) is 0 Å². The maximum absolute atomic E-state index is 12.8. The van der Waals surface area contributed by atoms with Crippen molar-refractivity contribution in [3.05, 3.63) is 122 Å². The van der Waals surface area contributed by atoms with Gasteiger partial charge in [-0.1, -0.05) is 264 Å². The average molecular weight is 1030 g/mol. The summed E-state index contributed by atoms with van der Waals surface area (Å²) in [5.41, 5.74) is 0. The molecule has 1 unspecified atom stereocenters. The number of hydrogen-bond donors (Lipinski definition) is 0. The Morgan fingerprint density at radius 2 is 0.541 bits per heavy atom. The van der Waals surface area contributed by atoms with Crippen LogP contribution in [0.4, 0.5) is 0 Å². The SMILES string of the molecule is CC/C=C\C/C=C\C/C=C\C/C=C\C/C=C\C/C=C\C/C=C\C/C=C\C/C=C\CCCCCCCCCC(=O)OCC(COC(=O)CCCCCCCCCCCC)OC(=O)CCCCCCC/C=C\CCCC. The molecule has 0 saturated heterocycles. The van der Waals surface area contributed by atoms with E-state index < -0.39 is 6.10 Å². The van der Waals surface area contributed by atoms with Gasteiger partial charge in [0.05, 0.1) is 0 Å². The third-order valence-corrected chi connectivity index (χ3v) is 12.7. The van der Waals surface area contributed by atoms with Crippen LogP contribution in [0.2, 0.25) is 0 Å². The van der Waals surface area contributed by atoms with Crippen molar-refractivity contribution in [2.24, 2.45) is 0 Å². The molecule has 0 aromatic heterocycles. The van der Waals surface area contributed by atoms with Crippen molar-refractivity contribution >= 4 is 17.9 Å². The molecule has 0 bridgehead atoms. The minimum Gasteiger partial charge on any atom is -0.462 e. The second kappa shape index (κ2) is 61.4. The van der Waals surface area contributed by atoms with E-state index in [1.807, 2.05) is 0 Å². The first-order valence-electron chi connectivity index (χ1n) is 30.5. The van der Waals surface area contributed by atoms with Crippen molar-refractivity contribution in [3.63, 3.8) is 0 Å². The highest BCUT2D eigenvalue weighted by atomic mass is 16.6. The van der Waals surface area contributed by atoms with Crippen LogP contribution < -0.4 is 0 Å². The summed E-state index contributed by atoms with van der Waals surface area (Å²) in [6, 6.07) is 0. The summed E-state index contributed by atoms with van der Waals surface area (Å²) in [5.74, 6) is -0.908. The Kier molecular flexibility index (Phi) is 57.9. The quantitative estimate of drug-likeness (QED) is 0.0261. The third-order valence-electron chi connectivity index (χ3n) is 12.7. The lowest BCUT2D eigenvalue weighted by Crippen LogP contribution is -2.30. The summed E-state index contributed by atoms with van der Waals surface area (Å²) in [6.07, 6.45) is 85.0. The largest absolute Gasteiger partial charge is 0.462 e. The van der Waals surface area contributed by atoms with E-state index in [0.29, 0.717) is 19.3 Å². The van der Waals surface area contributed by atoms with Crippen LogP contribution in [0.15, 0.2) is 122 Å². The van der Waals surface area contributed by atoms with E-state index in [1.54, 1.807) is 0 Å². The molecule has 0 amide bonds. The first-order chi connectivity index (χ1) is 36.5. The zero-order chi connectivity index (χ0) is 53.6. The van der Waals surface area contributed by atoms with Gasteiger partial charge in [0.15, 0.2) is 6.10 Å². The molecule has 6 heteroatoms. The molecule has 1 atom stereocenters. The average Bonchev–Trinajstić information content (AvgIpc) is 3.40. The summed E-state index contributed by atoms with van der Waals surface area (Å²) in [6.45, 7) is 6.45. The summed E-state index contributed by atoms with van der Waals surface area (Å²) in [7, 11) is 0. The number of carbonyl (C=O) groups is 3. The standard InChI is InChI=1S/C68H112O6/c1-4-7-10-13-16-19-22-23-24-25-26-27-28-29-30-31-32-33-34-35-36-37-38-39-40-41-42-43-44-45-47-49-52-55-58-61-67(70)73-64-65(63-72-66(69)60-57-54-51-48-21-18-15-12-9-6-3)74-68(71)62-59-56-53-50-46-20-17-14-11-8-5-2/h7,10,14,16-17,19,23-24,26-27,29-30,32-33,35-36,38-39,41-42,65H,4-6,8-9,11-13,15,18,20-22,25,28,31,34,37,40,43-64H2,1-3H3/b10-7-,17-14-,19-16-,24-23-,27-26-,30-29-,33-32-,36-35-,39-38-,42-41-. The molecular formula is C68H112O6. The lowest BCUT2D eigenvalue weighted by Gasteiger charge is -2.18. The molecule has 0 aromatic rings. The fraction of sp³-hybridized carbons (Fsp3) is 0.662. The summed E-state index contributed by atoms with van der Waals surface area (Å²) < 4.78 is 16.8. The minimum atomic E-state index is -0.785. The Morgan fingerprint density at radius 1 is 0.284 bits per heavy atom. The van der Waals surface area contributed by atoms with Crippen LogP contribution in [-0.2, 0) is 28.6 Å². The van der Waals surface area contributed by atoms with Crippen LogP contribution in [0.1, 0.15) is 271 Å². The molecule has 0 saturated carbocycles. The molecule has 0 aliphatic rings. The van der Waals surface area contributed by atoms with Gasteiger partial charge in [0.2, 0.25) is 0 Å². The Balaban J connectivity index is 4.16. The van der Waals surface area contributed by atoms with E-state index in [4.69, 9.17) is 14.2 Å². The fourth-order valence-corrected chi connectivity index (χ4v) is 8.12. The molecule has 0 aromatic carbocycles. The maximum atomic E-state index is 12.8. The summed E-state index contributed by atoms with van der Waals surface area (Å²) in [5, 5.41) is 0. The van der Waals surface area contributed by atoms with Gasteiger partial charge in [-0.2, -0.15) is 0 Å². The smallest absolute Gasteiger partial charge is 0.306 e. The maximum Gasteiger partial charge on any atom is 0.306 e. The highest BCUT2D eigenvalue weighted by Gasteiger charge is 2.19. The molecule has 0 rings (SSSR count). The highest BCUT2D eigenvalue weighted by Crippen LogP contribution is 2.15. The third kappa shape index (κ3) is 58.7. The molecular weight excluding hydrogens is 913 g/mol. The first kappa shape index (κ1) is 69.8. The van der Waals surface area contributed by atoms with Crippen LogP contribution in [-0.4, -0.2) is 37.2 Å². The predicted molar refractivity (Wildman–Crippen MR) is 320 cm³/mol. The predicted octanol–water partition coefficient (Wildman–Crippen LogP) is 20.8. The van der Waals surface area contributed by atoms with E-state index in [2.05, 4.69) is 142 Å². The number of ether oxygens (including phenoxy) is 3. The minimum absolute atomic E-state index is 0.0840. The van der Waals surface area contributed by atoms with Crippen molar-refractivity contribution in [1.82, 2.24) is 0 Å². The summed E-state index contributed by atoms with van der Waals surface area (Å²) in [4.78, 5) is 38.0. The van der Waals surface area contributed by atoms with Crippen molar-refractivity contribution < 1.29 is 28.6 Å². The fourth-order valence-electron chi connectivity index (χ4n) is 8.12. The molecule has 74 heavy (non-hydrogen) atoms. The Labute approximate surface area is 456 Å². The molecule has 0 heterocycles. The number of carbonyl (C=O) groups excluding carboxylic acids is 3. The van der Waals surface area contributed by atoms with Gasteiger partial charge in [-0.15, -0.1) is 0 Å². The van der Waals surface area contributed by atoms with Gasteiger partial charge in [0.1, 0.15) is 13.2 Å². The number of allylic oxidation sites excluding steroid dienone is 20. The van der Waals surface area contributed by atoms with Gasteiger partial charge < -0.3 is 14.2 Å². The van der Waals surface area contributed by atoms with E-state index in [-0.39, 0.29) is 31.1 Å². The second-order valence-corrected chi connectivity index (χ2v) is 19.9. The number of rotatable bonds is 54. The number of hydrogen-bond acceptors (Lipinski definition) is 6. The molecule has 0 aliphatic carbocycles. The normalized spacial score (nSPS) is 13.0. The highest BCUT2D eigenvalue weighted by molar-refractivity contribution is 5.71. The van der Waals surface area contributed by atoms with Crippen molar-refractivity contribution in [1.29, 1.82) is 0 Å². The van der Waals surface area contributed by atoms with E-state index in [1.165, 1.54) is 96.3 Å². The zero-order valence-corrected chi connectivity index (χ0v) is 48.1.